The Bertz CT molecular complexity index is 237. The maximum absolute atomic E-state index is 10.2. The molecule has 0 aromatic rings. The molecule has 0 fully saturated rings. The average Bonchev–Trinajstić information content (AvgIpc) is 2.15. The zero-order valence-corrected chi connectivity index (χ0v) is 10.6. The van der Waals surface area contributed by atoms with Gasteiger partial charge in [-0.05, 0) is 25.2 Å². The Balaban J connectivity index is 2.60. The second kappa shape index (κ2) is 4.45. The standard InChI is InChI=1S/C12H22OSi/c1-10(14(2,3)4)12(13)11-8-6-5-7-9-11/h5-6,11-13H,1,7-9H2,2-4H3/t11-,12+/m1/s1. The molecule has 0 unspecified atom stereocenters. The molecule has 14 heavy (non-hydrogen) atoms. The molecule has 0 saturated carbocycles. The molecule has 0 heterocycles. The summed E-state index contributed by atoms with van der Waals surface area (Å²) >= 11 is 0. The van der Waals surface area contributed by atoms with Gasteiger partial charge in [-0.1, -0.05) is 37.0 Å². The number of aliphatic hydroxyl groups is 1. The minimum Gasteiger partial charge on any atom is -0.389 e. The monoisotopic (exact) mass is 210 g/mol. The van der Waals surface area contributed by atoms with E-state index >= 15 is 0 Å². The van der Waals surface area contributed by atoms with Crippen molar-refractivity contribution in [1.82, 2.24) is 0 Å². The lowest BCUT2D eigenvalue weighted by Crippen LogP contribution is -2.36. The van der Waals surface area contributed by atoms with E-state index in [1.54, 1.807) is 0 Å². The summed E-state index contributed by atoms with van der Waals surface area (Å²) < 4.78 is 0. The summed E-state index contributed by atoms with van der Waals surface area (Å²) in [5, 5.41) is 11.3. The predicted molar refractivity (Wildman–Crippen MR) is 65.0 cm³/mol. The first kappa shape index (κ1) is 11.7. The molecular formula is C12H22OSi. The van der Waals surface area contributed by atoms with Crippen molar-refractivity contribution in [1.29, 1.82) is 0 Å². The second-order valence-corrected chi connectivity index (χ2v) is 10.4. The summed E-state index contributed by atoms with van der Waals surface area (Å²) in [5.41, 5.74) is 0. The highest BCUT2D eigenvalue weighted by Crippen LogP contribution is 2.28. The van der Waals surface area contributed by atoms with Crippen molar-refractivity contribution in [3.63, 3.8) is 0 Å². The highest BCUT2D eigenvalue weighted by Gasteiger charge is 2.29. The molecule has 1 aliphatic rings. The molecule has 0 radical (unpaired) electrons. The molecule has 1 N–H and O–H groups in total. The topological polar surface area (TPSA) is 20.2 Å². The lowest BCUT2D eigenvalue weighted by atomic mass is 9.89. The van der Waals surface area contributed by atoms with Crippen LogP contribution in [0, 0.1) is 5.92 Å². The van der Waals surface area contributed by atoms with Gasteiger partial charge in [0.05, 0.1) is 14.2 Å². The van der Waals surface area contributed by atoms with Gasteiger partial charge in [-0.3, -0.25) is 0 Å². The zero-order chi connectivity index (χ0) is 10.8. The molecule has 0 aromatic heterocycles. The molecule has 80 valence electrons. The summed E-state index contributed by atoms with van der Waals surface area (Å²) in [6.07, 6.45) is 7.37. The fourth-order valence-electron chi connectivity index (χ4n) is 1.83. The van der Waals surface area contributed by atoms with Gasteiger partial charge in [0.2, 0.25) is 0 Å². The predicted octanol–water partition coefficient (Wildman–Crippen LogP) is 3.14. The third-order valence-electron chi connectivity index (χ3n) is 3.08. The molecule has 0 saturated heterocycles. The fourth-order valence-corrected chi connectivity index (χ4v) is 2.95. The third-order valence-corrected chi connectivity index (χ3v) is 5.30. The lowest BCUT2D eigenvalue weighted by molar-refractivity contribution is 0.141. The number of hydrogen-bond acceptors (Lipinski definition) is 1. The Labute approximate surface area is 88.5 Å². The van der Waals surface area contributed by atoms with Crippen molar-refractivity contribution >= 4 is 8.07 Å². The van der Waals surface area contributed by atoms with Gasteiger partial charge in [0, 0.05) is 0 Å². The van der Waals surface area contributed by atoms with Crippen LogP contribution in [0.2, 0.25) is 19.6 Å². The van der Waals surface area contributed by atoms with Gasteiger partial charge in [-0.2, -0.15) is 0 Å². The number of allylic oxidation sites excluding steroid dienone is 2. The first-order valence-corrected chi connectivity index (χ1v) is 8.95. The molecule has 0 amide bonds. The summed E-state index contributed by atoms with van der Waals surface area (Å²) in [7, 11) is -1.38. The highest BCUT2D eigenvalue weighted by molar-refractivity contribution is 6.83. The molecule has 1 nitrogen and oxygen atoms in total. The van der Waals surface area contributed by atoms with Crippen LogP contribution in [0.5, 0.6) is 0 Å². The number of rotatable bonds is 3. The maximum atomic E-state index is 10.2. The molecule has 2 heteroatoms. The van der Waals surface area contributed by atoms with Gasteiger partial charge in [-0.15, -0.1) is 6.58 Å². The van der Waals surface area contributed by atoms with Gasteiger partial charge in [0.1, 0.15) is 0 Å². The lowest BCUT2D eigenvalue weighted by Gasteiger charge is -2.31. The van der Waals surface area contributed by atoms with E-state index < -0.39 is 8.07 Å². The van der Waals surface area contributed by atoms with Gasteiger partial charge >= 0.3 is 0 Å². The fraction of sp³-hybridized carbons (Fsp3) is 0.667. The Morgan fingerprint density at radius 3 is 2.50 bits per heavy atom. The highest BCUT2D eigenvalue weighted by atomic mass is 28.3. The summed E-state index contributed by atoms with van der Waals surface area (Å²) in [6.45, 7) is 10.8. The van der Waals surface area contributed by atoms with Crippen LogP contribution in [-0.2, 0) is 0 Å². The molecular weight excluding hydrogens is 188 g/mol. The Morgan fingerprint density at radius 2 is 2.07 bits per heavy atom. The van der Waals surface area contributed by atoms with E-state index in [0.717, 1.165) is 24.5 Å². The first-order chi connectivity index (χ1) is 6.43. The zero-order valence-electron chi connectivity index (χ0n) is 9.59. The van der Waals surface area contributed by atoms with Crippen LogP contribution in [0.4, 0.5) is 0 Å². The van der Waals surface area contributed by atoms with Crippen molar-refractivity contribution in [3.8, 4) is 0 Å². The van der Waals surface area contributed by atoms with Crippen molar-refractivity contribution in [2.45, 2.75) is 45.0 Å². The minimum absolute atomic E-state index is 0.272. The van der Waals surface area contributed by atoms with Crippen LogP contribution >= 0.6 is 0 Å². The Kier molecular flexibility index (Phi) is 3.73. The van der Waals surface area contributed by atoms with E-state index in [4.69, 9.17) is 0 Å². The Hall–Kier alpha value is -0.343. The quantitative estimate of drug-likeness (QED) is 0.560. The smallest absolute Gasteiger partial charge is 0.0750 e. The summed E-state index contributed by atoms with van der Waals surface area (Å²) in [4.78, 5) is 0. The normalized spacial score (nSPS) is 24.7. The van der Waals surface area contributed by atoms with Gasteiger partial charge < -0.3 is 5.11 Å². The van der Waals surface area contributed by atoms with Crippen molar-refractivity contribution in [2.75, 3.05) is 0 Å². The number of aliphatic hydroxyl groups excluding tert-OH is 1. The van der Waals surface area contributed by atoms with E-state index in [9.17, 15) is 5.11 Å². The van der Waals surface area contributed by atoms with Crippen LogP contribution in [0.15, 0.2) is 23.9 Å². The maximum Gasteiger partial charge on any atom is 0.0750 e. The number of hydrogen-bond donors (Lipinski definition) is 1. The van der Waals surface area contributed by atoms with E-state index in [2.05, 4.69) is 38.4 Å². The van der Waals surface area contributed by atoms with E-state index in [0.29, 0.717) is 5.92 Å². The summed E-state index contributed by atoms with van der Waals surface area (Å²) in [6, 6.07) is 0. The van der Waals surface area contributed by atoms with Crippen LogP contribution in [-0.4, -0.2) is 19.3 Å². The minimum atomic E-state index is -1.38. The van der Waals surface area contributed by atoms with Crippen LogP contribution < -0.4 is 0 Å². The largest absolute Gasteiger partial charge is 0.389 e. The molecule has 0 bridgehead atoms. The Morgan fingerprint density at radius 1 is 1.43 bits per heavy atom. The van der Waals surface area contributed by atoms with Gasteiger partial charge in [0.15, 0.2) is 0 Å². The van der Waals surface area contributed by atoms with Crippen LogP contribution in [0.25, 0.3) is 0 Å². The first-order valence-electron chi connectivity index (χ1n) is 5.45. The molecule has 0 aliphatic heterocycles. The SMILES string of the molecule is C=C([C@H](O)[C@@H]1CC=CCC1)[Si](C)(C)C. The molecule has 1 aliphatic carbocycles. The van der Waals surface area contributed by atoms with Crippen molar-refractivity contribution in [2.24, 2.45) is 5.92 Å². The molecule has 2 atom stereocenters. The second-order valence-electron chi connectivity index (χ2n) is 5.26. The average molecular weight is 210 g/mol. The molecule has 0 aromatic carbocycles. The van der Waals surface area contributed by atoms with Gasteiger partial charge in [-0.25, -0.2) is 0 Å². The van der Waals surface area contributed by atoms with Crippen LogP contribution in [0.1, 0.15) is 19.3 Å². The van der Waals surface area contributed by atoms with Crippen LogP contribution in [0.3, 0.4) is 0 Å². The van der Waals surface area contributed by atoms with Gasteiger partial charge in [0.25, 0.3) is 0 Å². The van der Waals surface area contributed by atoms with E-state index in [-0.39, 0.29) is 6.10 Å². The van der Waals surface area contributed by atoms with E-state index in [1.807, 2.05) is 0 Å². The van der Waals surface area contributed by atoms with Crippen molar-refractivity contribution in [3.05, 3.63) is 23.9 Å². The summed E-state index contributed by atoms with van der Waals surface area (Å²) in [5.74, 6) is 0.416. The van der Waals surface area contributed by atoms with Crippen molar-refractivity contribution < 1.29 is 5.11 Å². The molecule has 0 spiro atoms. The third kappa shape index (κ3) is 2.82. The molecule has 1 rings (SSSR count). The van der Waals surface area contributed by atoms with E-state index in [1.165, 1.54) is 0 Å².